The van der Waals surface area contributed by atoms with Gasteiger partial charge in [0.2, 0.25) is 0 Å². The Bertz CT molecular complexity index is 1030. The van der Waals surface area contributed by atoms with Crippen LogP contribution in [0.15, 0.2) is 70.2 Å². The van der Waals surface area contributed by atoms with Crippen molar-refractivity contribution in [1.82, 2.24) is 9.88 Å². The van der Waals surface area contributed by atoms with Crippen molar-refractivity contribution in [3.8, 4) is 0 Å². The first kappa shape index (κ1) is 18.7. The fraction of sp³-hybridized carbons (Fsp3) is 0.158. The number of pyridine rings is 1. The molecule has 0 fully saturated rings. The first-order valence-corrected chi connectivity index (χ1v) is 9.67. The second-order valence-electron chi connectivity index (χ2n) is 6.04. The second kappa shape index (κ2) is 7.63. The fourth-order valence-corrected chi connectivity index (χ4v) is 3.57. The van der Waals surface area contributed by atoms with Gasteiger partial charge in [-0.3, -0.25) is 14.5 Å². The molecular formula is C19H19N3O4S. The summed E-state index contributed by atoms with van der Waals surface area (Å²) < 4.78 is 32.8. The van der Waals surface area contributed by atoms with Crippen LogP contribution in [0.5, 0.6) is 0 Å². The topological polar surface area (TPSA) is 92.5 Å². The van der Waals surface area contributed by atoms with Crippen LogP contribution in [0.3, 0.4) is 0 Å². The molecule has 8 heteroatoms. The Labute approximate surface area is 157 Å². The highest BCUT2D eigenvalue weighted by atomic mass is 32.2. The van der Waals surface area contributed by atoms with Crippen LogP contribution in [0.2, 0.25) is 0 Å². The summed E-state index contributed by atoms with van der Waals surface area (Å²) in [6, 6.07) is 12.6. The van der Waals surface area contributed by atoms with Gasteiger partial charge in [0.05, 0.1) is 17.1 Å². The van der Waals surface area contributed by atoms with Gasteiger partial charge >= 0.3 is 0 Å². The van der Waals surface area contributed by atoms with E-state index in [0.29, 0.717) is 23.6 Å². The zero-order valence-corrected chi connectivity index (χ0v) is 15.7. The molecule has 0 radical (unpaired) electrons. The molecule has 3 rings (SSSR count). The van der Waals surface area contributed by atoms with E-state index in [4.69, 9.17) is 4.42 Å². The summed E-state index contributed by atoms with van der Waals surface area (Å²) in [4.78, 5) is 17.9. The molecule has 0 spiro atoms. The summed E-state index contributed by atoms with van der Waals surface area (Å²) in [6.07, 6.45) is 2.99. The van der Waals surface area contributed by atoms with Crippen molar-refractivity contribution >= 4 is 21.6 Å². The summed E-state index contributed by atoms with van der Waals surface area (Å²) in [5.41, 5.74) is 0.808. The highest BCUT2D eigenvalue weighted by Gasteiger charge is 2.17. The summed E-state index contributed by atoms with van der Waals surface area (Å²) in [5, 5.41) is 0. The number of anilines is 1. The lowest BCUT2D eigenvalue weighted by molar-refractivity contribution is 0.0775. The molecule has 0 aliphatic rings. The molecule has 0 saturated carbocycles. The molecule has 27 heavy (non-hydrogen) atoms. The van der Waals surface area contributed by atoms with E-state index in [0.717, 1.165) is 5.76 Å². The van der Waals surface area contributed by atoms with E-state index in [9.17, 15) is 13.2 Å². The molecule has 140 valence electrons. The van der Waals surface area contributed by atoms with Crippen molar-refractivity contribution in [2.75, 3.05) is 11.8 Å². The average molecular weight is 385 g/mol. The molecule has 1 amide bonds. The van der Waals surface area contributed by atoms with E-state index < -0.39 is 10.0 Å². The summed E-state index contributed by atoms with van der Waals surface area (Å²) >= 11 is 0. The number of nitrogens with zero attached hydrogens (tertiary/aromatic N) is 2. The first-order chi connectivity index (χ1) is 12.8. The minimum atomic E-state index is -3.74. The van der Waals surface area contributed by atoms with Crippen LogP contribution in [-0.4, -0.2) is 31.3 Å². The van der Waals surface area contributed by atoms with E-state index in [1.54, 1.807) is 19.2 Å². The van der Waals surface area contributed by atoms with Gasteiger partial charge in [0.15, 0.2) is 0 Å². The van der Waals surface area contributed by atoms with Crippen molar-refractivity contribution in [1.29, 1.82) is 0 Å². The molecule has 2 aromatic heterocycles. The Morgan fingerprint density at radius 1 is 1.07 bits per heavy atom. The van der Waals surface area contributed by atoms with Gasteiger partial charge in [0, 0.05) is 25.0 Å². The standard InChI is InChI=1S/C19H19N3O4S/c1-14-3-6-17(26-14)13-22(2)19(23)15-4-7-18(8-5-15)27(24,25)21-16-9-11-20-12-10-16/h3-12H,13H2,1-2H3,(H,20,21). The Morgan fingerprint density at radius 2 is 1.74 bits per heavy atom. The molecule has 0 atom stereocenters. The number of furan rings is 1. The second-order valence-corrected chi connectivity index (χ2v) is 7.72. The summed E-state index contributed by atoms with van der Waals surface area (Å²) in [7, 11) is -2.08. The van der Waals surface area contributed by atoms with Crippen LogP contribution in [0.1, 0.15) is 21.9 Å². The number of carbonyl (C=O) groups is 1. The quantitative estimate of drug-likeness (QED) is 0.704. The molecule has 1 N–H and O–H groups in total. The van der Waals surface area contributed by atoms with Crippen molar-refractivity contribution in [3.63, 3.8) is 0 Å². The minimum Gasteiger partial charge on any atom is -0.464 e. The third-order valence-electron chi connectivity index (χ3n) is 3.88. The van der Waals surface area contributed by atoms with Crippen molar-refractivity contribution in [2.45, 2.75) is 18.4 Å². The number of carbonyl (C=O) groups excluding carboxylic acids is 1. The smallest absolute Gasteiger partial charge is 0.261 e. The van der Waals surface area contributed by atoms with Crippen molar-refractivity contribution in [2.24, 2.45) is 0 Å². The first-order valence-electron chi connectivity index (χ1n) is 8.19. The number of nitrogens with one attached hydrogen (secondary N) is 1. The lowest BCUT2D eigenvalue weighted by Crippen LogP contribution is -2.26. The molecule has 1 aromatic carbocycles. The van der Waals surface area contributed by atoms with Crippen molar-refractivity contribution in [3.05, 3.63) is 78.0 Å². The van der Waals surface area contributed by atoms with E-state index in [1.165, 1.54) is 41.6 Å². The molecule has 0 unspecified atom stereocenters. The predicted molar refractivity (Wildman–Crippen MR) is 101 cm³/mol. The number of aryl methyl sites for hydroxylation is 1. The fourth-order valence-electron chi connectivity index (χ4n) is 2.51. The largest absolute Gasteiger partial charge is 0.464 e. The molecule has 0 saturated heterocycles. The predicted octanol–water partition coefficient (Wildman–Crippen LogP) is 3.06. The van der Waals surface area contributed by atoms with Gasteiger partial charge in [-0.25, -0.2) is 8.42 Å². The van der Waals surface area contributed by atoms with Gasteiger partial charge in [0.25, 0.3) is 15.9 Å². The summed E-state index contributed by atoms with van der Waals surface area (Å²) in [6.45, 7) is 2.17. The molecule has 2 heterocycles. The molecule has 3 aromatic rings. The number of sulfonamides is 1. The molecule has 0 aliphatic carbocycles. The van der Waals surface area contributed by atoms with E-state index in [1.807, 2.05) is 19.1 Å². The molecule has 7 nitrogen and oxygen atoms in total. The monoisotopic (exact) mass is 385 g/mol. The van der Waals surface area contributed by atoms with Crippen LogP contribution in [0.4, 0.5) is 5.69 Å². The van der Waals surface area contributed by atoms with Gasteiger partial charge < -0.3 is 9.32 Å². The molecule has 0 bridgehead atoms. The number of hydrogen-bond donors (Lipinski definition) is 1. The number of benzene rings is 1. The SMILES string of the molecule is Cc1ccc(CN(C)C(=O)c2ccc(S(=O)(=O)Nc3ccncc3)cc2)o1. The third kappa shape index (κ3) is 4.53. The zero-order chi connectivity index (χ0) is 19.4. The van der Waals surface area contributed by atoms with Gasteiger partial charge in [-0.05, 0) is 55.5 Å². The van der Waals surface area contributed by atoms with Crippen molar-refractivity contribution < 1.29 is 17.6 Å². The van der Waals surface area contributed by atoms with Crippen LogP contribution < -0.4 is 4.72 Å². The van der Waals surface area contributed by atoms with E-state index in [-0.39, 0.29) is 10.8 Å². The maximum absolute atomic E-state index is 12.5. The van der Waals surface area contributed by atoms with Crippen LogP contribution in [0, 0.1) is 6.92 Å². The summed E-state index contributed by atoms with van der Waals surface area (Å²) in [5.74, 6) is 1.24. The van der Waals surface area contributed by atoms with Crippen LogP contribution in [-0.2, 0) is 16.6 Å². The maximum atomic E-state index is 12.5. The number of aromatic nitrogens is 1. The molecule has 0 aliphatic heterocycles. The zero-order valence-electron chi connectivity index (χ0n) is 14.9. The van der Waals surface area contributed by atoms with Gasteiger partial charge in [0.1, 0.15) is 11.5 Å². The van der Waals surface area contributed by atoms with Gasteiger partial charge in [-0.2, -0.15) is 0 Å². The highest BCUT2D eigenvalue weighted by Crippen LogP contribution is 2.17. The minimum absolute atomic E-state index is 0.0696. The maximum Gasteiger partial charge on any atom is 0.261 e. The number of amides is 1. The average Bonchev–Trinajstić information content (AvgIpc) is 3.06. The normalized spacial score (nSPS) is 11.2. The van der Waals surface area contributed by atoms with Crippen LogP contribution >= 0.6 is 0 Å². The number of hydrogen-bond acceptors (Lipinski definition) is 5. The lowest BCUT2D eigenvalue weighted by Gasteiger charge is -2.16. The third-order valence-corrected chi connectivity index (χ3v) is 5.28. The Morgan fingerprint density at radius 3 is 2.33 bits per heavy atom. The Kier molecular flexibility index (Phi) is 5.27. The lowest BCUT2D eigenvalue weighted by atomic mass is 10.2. The van der Waals surface area contributed by atoms with E-state index >= 15 is 0 Å². The molecular weight excluding hydrogens is 366 g/mol. The highest BCUT2D eigenvalue weighted by molar-refractivity contribution is 7.92. The van der Waals surface area contributed by atoms with E-state index in [2.05, 4.69) is 9.71 Å². The van der Waals surface area contributed by atoms with Crippen LogP contribution in [0.25, 0.3) is 0 Å². The van der Waals surface area contributed by atoms with Gasteiger partial charge in [-0.1, -0.05) is 0 Å². The Hall–Kier alpha value is -3.13. The number of rotatable bonds is 6. The van der Waals surface area contributed by atoms with Gasteiger partial charge in [-0.15, -0.1) is 0 Å². The Balaban J connectivity index is 1.71.